The van der Waals surface area contributed by atoms with Gasteiger partial charge in [-0.1, -0.05) is 0 Å². The summed E-state index contributed by atoms with van der Waals surface area (Å²) in [6.07, 6.45) is 3.55. The summed E-state index contributed by atoms with van der Waals surface area (Å²) in [5.41, 5.74) is 5.75. The molecule has 13 heavy (non-hydrogen) atoms. The van der Waals surface area contributed by atoms with Gasteiger partial charge in [-0.25, -0.2) is 0 Å². The summed E-state index contributed by atoms with van der Waals surface area (Å²) in [7, 11) is 0. The number of carbonyl (C=O) groups is 1. The number of rotatable bonds is 3. The molecule has 0 unspecified atom stereocenters. The Hall–Kier alpha value is -0.570. The molecule has 0 heterocycles. The van der Waals surface area contributed by atoms with E-state index in [4.69, 9.17) is 5.73 Å². The van der Waals surface area contributed by atoms with Crippen molar-refractivity contribution in [3.05, 3.63) is 0 Å². The van der Waals surface area contributed by atoms with Crippen molar-refractivity contribution in [1.29, 1.82) is 0 Å². The summed E-state index contributed by atoms with van der Waals surface area (Å²) < 4.78 is 0. The first-order chi connectivity index (χ1) is 5.81. The Morgan fingerprint density at radius 3 is 2.38 bits per heavy atom. The van der Waals surface area contributed by atoms with Gasteiger partial charge in [0.1, 0.15) is 0 Å². The Balaban J connectivity index is 2.18. The van der Waals surface area contributed by atoms with E-state index in [-0.39, 0.29) is 17.0 Å². The van der Waals surface area contributed by atoms with Crippen LogP contribution in [-0.2, 0) is 4.79 Å². The Bertz CT molecular complexity index is 201. The number of nitrogens with one attached hydrogen (secondary N) is 1. The summed E-state index contributed by atoms with van der Waals surface area (Å²) in [5, 5.41) is 2.92. The Kier molecular flexibility index (Phi) is 2.66. The first-order valence-corrected chi connectivity index (χ1v) is 4.91. The molecular weight excluding hydrogens is 164 g/mol. The van der Waals surface area contributed by atoms with Crippen molar-refractivity contribution >= 4 is 5.91 Å². The molecule has 0 radical (unpaired) electrons. The van der Waals surface area contributed by atoms with Crippen LogP contribution in [0.2, 0.25) is 0 Å². The highest BCUT2D eigenvalue weighted by atomic mass is 16.1. The van der Waals surface area contributed by atoms with E-state index >= 15 is 0 Å². The van der Waals surface area contributed by atoms with Gasteiger partial charge in [0.05, 0.1) is 0 Å². The van der Waals surface area contributed by atoms with E-state index < -0.39 is 0 Å². The van der Waals surface area contributed by atoms with Crippen LogP contribution in [0.5, 0.6) is 0 Å². The van der Waals surface area contributed by atoms with Gasteiger partial charge in [-0.3, -0.25) is 4.79 Å². The van der Waals surface area contributed by atoms with Gasteiger partial charge >= 0.3 is 0 Å². The van der Waals surface area contributed by atoms with Gasteiger partial charge in [0.15, 0.2) is 0 Å². The number of hydrogen-bond donors (Lipinski definition) is 2. The fourth-order valence-corrected chi connectivity index (χ4v) is 1.25. The lowest BCUT2D eigenvalue weighted by atomic mass is 10.1. The predicted molar refractivity (Wildman–Crippen MR) is 53.3 cm³/mol. The molecule has 1 saturated carbocycles. The van der Waals surface area contributed by atoms with Crippen LogP contribution in [0.15, 0.2) is 0 Å². The standard InChI is InChI=1S/C10H20N2O/c1-9(2,3)12-8(13)4-5-10(11)6-7-10/h4-7,11H2,1-3H3,(H,12,13). The molecule has 1 aliphatic carbocycles. The number of carbonyl (C=O) groups excluding carboxylic acids is 1. The molecule has 1 amide bonds. The molecule has 0 aromatic heterocycles. The van der Waals surface area contributed by atoms with E-state index in [0.717, 1.165) is 19.3 Å². The highest BCUT2D eigenvalue weighted by Crippen LogP contribution is 2.36. The van der Waals surface area contributed by atoms with Crippen LogP contribution in [0, 0.1) is 0 Å². The smallest absolute Gasteiger partial charge is 0.220 e. The summed E-state index contributed by atoms with van der Waals surface area (Å²) >= 11 is 0. The molecule has 0 atom stereocenters. The third-order valence-corrected chi connectivity index (χ3v) is 2.26. The molecule has 1 fully saturated rings. The molecule has 1 aliphatic rings. The second-order valence-electron chi connectivity index (χ2n) is 5.16. The molecule has 1 rings (SSSR count). The van der Waals surface area contributed by atoms with E-state index in [1.807, 2.05) is 20.8 Å². The zero-order valence-corrected chi connectivity index (χ0v) is 8.81. The lowest BCUT2D eigenvalue weighted by Crippen LogP contribution is -2.41. The lowest BCUT2D eigenvalue weighted by Gasteiger charge is -2.21. The van der Waals surface area contributed by atoms with Crippen molar-refractivity contribution in [2.45, 2.75) is 57.5 Å². The van der Waals surface area contributed by atoms with Crippen LogP contribution in [0.1, 0.15) is 46.5 Å². The zero-order chi connectivity index (χ0) is 10.1. The maximum Gasteiger partial charge on any atom is 0.220 e. The number of hydrogen-bond acceptors (Lipinski definition) is 2. The van der Waals surface area contributed by atoms with E-state index in [1.165, 1.54) is 0 Å². The molecule has 0 saturated heterocycles. The lowest BCUT2D eigenvalue weighted by molar-refractivity contribution is -0.122. The van der Waals surface area contributed by atoms with Gasteiger partial charge < -0.3 is 11.1 Å². The zero-order valence-electron chi connectivity index (χ0n) is 8.81. The van der Waals surface area contributed by atoms with Gasteiger partial charge in [-0.05, 0) is 40.0 Å². The van der Waals surface area contributed by atoms with Crippen molar-refractivity contribution in [3.63, 3.8) is 0 Å². The average molecular weight is 184 g/mol. The van der Waals surface area contributed by atoms with Crippen LogP contribution in [0.3, 0.4) is 0 Å². The highest BCUT2D eigenvalue weighted by Gasteiger charge is 2.38. The average Bonchev–Trinajstić information content (AvgIpc) is 2.62. The fourth-order valence-electron chi connectivity index (χ4n) is 1.25. The van der Waals surface area contributed by atoms with Gasteiger partial charge in [0.25, 0.3) is 0 Å². The molecule has 0 aliphatic heterocycles. The van der Waals surface area contributed by atoms with Crippen molar-refractivity contribution in [2.24, 2.45) is 5.73 Å². The second-order valence-corrected chi connectivity index (χ2v) is 5.16. The third kappa shape index (κ3) is 4.27. The third-order valence-electron chi connectivity index (χ3n) is 2.26. The number of amides is 1. The Morgan fingerprint density at radius 1 is 1.46 bits per heavy atom. The summed E-state index contributed by atoms with van der Waals surface area (Å²) in [4.78, 5) is 11.4. The Labute approximate surface area is 80.1 Å². The van der Waals surface area contributed by atoms with Crippen LogP contribution >= 0.6 is 0 Å². The minimum Gasteiger partial charge on any atom is -0.352 e. The van der Waals surface area contributed by atoms with Crippen molar-refractivity contribution in [1.82, 2.24) is 5.32 Å². The van der Waals surface area contributed by atoms with Gasteiger partial charge in [0, 0.05) is 17.5 Å². The second kappa shape index (κ2) is 3.29. The van der Waals surface area contributed by atoms with Crippen LogP contribution in [-0.4, -0.2) is 17.0 Å². The van der Waals surface area contributed by atoms with Crippen molar-refractivity contribution in [3.8, 4) is 0 Å². The fraction of sp³-hybridized carbons (Fsp3) is 0.900. The molecule has 76 valence electrons. The van der Waals surface area contributed by atoms with Gasteiger partial charge in [-0.15, -0.1) is 0 Å². The topological polar surface area (TPSA) is 55.1 Å². The van der Waals surface area contributed by atoms with Crippen LogP contribution < -0.4 is 11.1 Å². The first-order valence-electron chi connectivity index (χ1n) is 4.91. The van der Waals surface area contributed by atoms with Gasteiger partial charge in [-0.2, -0.15) is 0 Å². The largest absolute Gasteiger partial charge is 0.352 e. The SMILES string of the molecule is CC(C)(C)NC(=O)CCC1(N)CC1. The van der Waals surface area contributed by atoms with Gasteiger partial charge in [0.2, 0.25) is 5.91 Å². The Morgan fingerprint density at radius 2 is 2.00 bits per heavy atom. The normalized spacial score (nSPS) is 19.7. The molecule has 3 N–H and O–H groups in total. The molecule has 0 aromatic carbocycles. The van der Waals surface area contributed by atoms with E-state index in [0.29, 0.717) is 6.42 Å². The van der Waals surface area contributed by atoms with Crippen LogP contribution in [0.25, 0.3) is 0 Å². The highest BCUT2D eigenvalue weighted by molar-refractivity contribution is 5.76. The molecule has 0 spiro atoms. The molecule has 3 nitrogen and oxygen atoms in total. The van der Waals surface area contributed by atoms with E-state index in [9.17, 15) is 4.79 Å². The summed E-state index contributed by atoms with van der Waals surface area (Å²) in [6.45, 7) is 5.96. The monoisotopic (exact) mass is 184 g/mol. The maximum absolute atomic E-state index is 11.4. The molecular formula is C10H20N2O. The predicted octanol–water partition coefficient (Wildman–Crippen LogP) is 1.17. The summed E-state index contributed by atoms with van der Waals surface area (Å²) in [6, 6.07) is 0. The minimum atomic E-state index is -0.123. The number of nitrogens with two attached hydrogens (primary N) is 1. The van der Waals surface area contributed by atoms with E-state index in [1.54, 1.807) is 0 Å². The minimum absolute atomic E-state index is 0.00474. The molecule has 0 aromatic rings. The molecule has 3 heteroatoms. The maximum atomic E-state index is 11.4. The van der Waals surface area contributed by atoms with Crippen LogP contribution in [0.4, 0.5) is 0 Å². The first kappa shape index (κ1) is 10.5. The summed E-state index contributed by atoms with van der Waals surface area (Å²) in [5.74, 6) is 0.115. The molecule has 0 bridgehead atoms. The van der Waals surface area contributed by atoms with Crippen molar-refractivity contribution in [2.75, 3.05) is 0 Å². The van der Waals surface area contributed by atoms with Crippen molar-refractivity contribution < 1.29 is 4.79 Å². The van der Waals surface area contributed by atoms with E-state index in [2.05, 4.69) is 5.32 Å². The quantitative estimate of drug-likeness (QED) is 0.692.